The molecule has 0 unspecified atom stereocenters. The number of piperidine rings is 1. The van der Waals surface area contributed by atoms with Crippen LogP contribution in [0.25, 0.3) is 0 Å². The molecule has 1 aliphatic heterocycles. The van der Waals surface area contributed by atoms with E-state index in [9.17, 15) is 9.59 Å². The number of nitrogens with two attached hydrogens (primary N) is 1. The zero-order chi connectivity index (χ0) is 15.9. The van der Waals surface area contributed by atoms with Crippen molar-refractivity contribution in [1.82, 2.24) is 10.2 Å². The van der Waals surface area contributed by atoms with Gasteiger partial charge in [-0.05, 0) is 43.6 Å². The molecule has 0 spiro atoms. The number of rotatable bonds is 6. The summed E-state index contributed by atoms with van der Waals surface area (Å²) in [6, 6.07) is 7.46. The number of hydrogen-bond donors (Lipinski definition) is 3. The van der Waals surface area contributed by atoms with Crippen LogP contribution in [0, 0.1) is 5.92 Å². The fraction of sp³-hybridized carbons (Fsp3) is 0.500. The number of nitrogens with zero attached hydrogens (tertiary/aromatic N) is 1. The Labute approximate surface area is 130 Å². The molecule has 1 aromatic carbocycles. The van der Waals surface area contributed by atoms with Gasteiger partial charge in [0, 0.05) is 24.6 Å². The zero-order valence-corrected chi connectivity index (χ0v) is 12.6. The van der Waals surface area contributed by atoms with Gasteiger partial charge >= 0.3 is 0 Å². The average molecular weight is 305 g/mol. The Bertz CT molecular complexity index is 508. The molecule has 6 heteroatoms. The Hall–Kier alpha value is -1.92. The lowest BCUT2D eigenvalue weighted by molar-refractivity contribution is -0.123. The van der Waals surface area contributed by atoms with E-state index < -0.39 is 0 Å². The van der Waals surface area contributed by atoms with Crippen molar-refractivity contribution in [2.24, 2.45) is 11.7 Å². The van der Waals surface area contributed by atoms with Crippen molar-refractivity contribution in [2.75, 3.05) is 26.2 Å². The number of aliphatic hydroxyl groups is 1. The molecule has 1 heterocycles. The van der Waals surface area contributed by atoms with Crippen LogP contribution in [0.5, 0.6) is 0 Å². The number of carbonyl (C=O) groups is 2. The van der Waals surface area contributed by atoms with Crippen molar-refractivity contribution in [3.8, 4) is 0 Å². The van der Waals surface area contributed by atoms with Gasteiger partial charge < -0.3 is 16.2 Å². The smallest absolute Gasteiger partial charge is 0.251 e. The highest BCUT2D eigenvalue weighted by Crippen LogP contribution is 2.18. The lowest BCUT2D eigenvalue weighted by Gasteiger charge is -2.30. The zero-order valence-electron chi connectivity index (χ0n) is 12.6. The van der Waals surface area contributed by atoms with Crippen molar-refractivity contribution in [3.63, 3.8) is 0 Å². The molecule has 6 nitrogen and oxygen atoms in total. The van der Waals surface area contributed by atoms with Crippen LogP contribution in [0.4, 0.5) is 0 Å². The first kappa shape index (κ1) is 16.5. The molecule has 22 heavy (non-hydrogen) atoms. The second-order valence-corrected chi connectivity index (χ2v) is 5.63. The summed E-state index contributed by atoms with van der Waals surface area (Å²) in [6.45, 7) is 2.74. The monoisotopic (exact) mass is 305 g/mol. The predicted molar refractivity (Wildman–Crippen MR) is 83.1 cm³/mol. The van der Waals surface area contributed by atoms with Crippen LogP contribution in [-0.2, 0) is 11.3 Å². The van der Waals surface area contributed by atoms with Crippen LogP contribution in [0.15, 0.2) is 24.3 Å². The average Bonchev–Trinajstić information content (AvgIpc) is 2.54. The molecule has 0 saturated carbocycles. The normalized spacial score (nSPS) is 16.4. The standard InChI is InChI=1S/C16H23N3O3/c17-15(21)13-5-8-19(9-6-13)11-12-1-3-14(4-2-12)16(22)18-7-10-20/h1-4,13,20H,5-11H2,(H2,17,21)(H,18,22). The second kappa shape index (κ2) is 7.91. The molecular weight excluding hydrogens is 282 g/mol. The molecule has 4 N–H and O–H groups in total. The number of amides is 2. The maximum Gasteiger partial charge on any atom is 0.251 e. The van der Waals surface area contributed by atoms with Gasteiger partial charge in [0.05, 0.1) is 6.61 Å². The van der Waals surface area contributed by atoms with Gasteiger partial charge in [0.25, 0.3) is 5.91 Å². The molecular formula is C16H23N3O3. The number of likely N-dealkylation sites (tertiary alicyclic amines) is 1. The van der Waals surface area contributed by atoms with E-state index in [1.165, 1.54) is 0 Å². The molecule has 0 bridgehead atoms. The number of hydrogen-bond acceptors (Lipinski definition) is 4. The third-order valence-electron chi connectivity index (χ3n) is 4.01. The van der Waals surface area contributed by atoms with E-state index in [1.807, 2.05) is 12.1 Å². The molecule has 2 rings (SSSR count). The van der Waals surface area contributed by atoms with Crippen molar-refractivity contribution in [3.05, 3.63) is 35.4 Å². The Morgan fingerprint density at radius 1 is 1.23 bits per heavy atom. The van der Waals surface area contributed by atoms with Gasteiger partial charge in [0.15, 0.2) is 0 Å². The van der Waals surface area contributed by atoms with Gasteiger partial charge in [0.2, 0.25) is 5.91 Å². The van der Waals surface area contributed by atoms with Crippen LogP contribution >= 0.6 is 0 Å². The number of aliphatic hydroxyl groups excluding tert-OH is 1. The quantitative estimate of drug-likeness (QED) is 0.695. The van der Waals surface area contributed by atoms with Gasteiger partial charge in [-0.2, -0.15) is 0 Å². The molecule has 0 radical (unpaired) electrons. The minimum atomic E-state index is -0.196. The molecule has 1 fully saturated rings. The lowest BCUT2D eigenvalue weighted by atomic mass is 9.96. The SMILES string of the molecule is NC(=O)C1CCN(Cc2ccc(C(=O)NCCO)cc2)CC1. The number of nitrogens with one attached hydrogen (secondary N) is 1. The Morgan fingerprint density at radius 2 is 1.86 bits per heavy atom. The van der Waals surface area contributed by atoms with Crippen LogP contribution in [0.1, 0.15) is 28.8 Å². The highest BCUT2D eigenvalue weighted by atomic mass is 16.3. The van der Waals surface area contributed by atoms with Gasteiger partial charge in [-0.1, -0.05) is 12.1 Å². The highest BCUT2D eigenvalue weighted by molar-refractivity contribution is 5.94. The van der Waals surface area contributed by atoms with Crippen molar-refractivity contribution < 1.29 is 14.7 Å². The van der Waals surface area contributed by atoms with Crippen molar-refractivity contribution in [1.29, 1.82) is 0 Å². The first-order valence-corrected chi connectivity index (χ1v) is 7.60. The first-order valence-electron chi connectivity index (χ1n) is 7.60. The van der Waals surface area contributed by atoms with Crippen LogP contribution in [0.2, 0.25) is 0 Å². The molecule has 1 aliphatic rings. The van der Waals surface area contributed by atoms with Crippen LogP contribution in [-0.4, -0.2) is 48.1 Å². The van der Waals surface area contributed by atoms with E-state index >= 15 is 0 Å². The van der Waals surface area contributed by atoms with E-state index in [4.69, 9.17) is 10.8 Å². The largest absolute Gasteiger partial charge is 0.395 e. The summed E-state index contributed by atoms with van der Waals surface area (Å²) in [6.07, 6.45) is 1.63. The molecule has 0 atom stereocenters. The summed E-state index contributed by atoms with van der Waals surface area (Å²) in [5.74, 6) is -0.366. The maximum atomic E-state index is 11.7. The fourth-order valence-electron chi connectivity index (χ4n) is 2.67. The molecule has 1 aromatic rings. The third-order valence-corrected chi connectivity index (χ3v) is 4.01. The van der Waals surface area contributed by atoms with Crippen LogP contribution in [0.3, 0.4) is 0 Å². The van der Waals surface area contributed by atoms with E-state index in [2.05, 4.69) is 10.2 Å². The number of carbonyl (C=O) groups excluding carboxylic acids is 2. The molecule has 0 aromatic heterocycles. The fourth-order valence-corrected chi connectivity index (χ4v) is 2.67. The van der Waals surface area contributed by atoms with Crippen LogP contribution < -0.4 is 11.1 Å². The highest BCUT2D eigenvalue weighted by Gasteiger charge is 2.22. The topological polar surface area (TPSA) is 95.7 Å². The summed E-state index contributed by atoms with van der Waals surface area (Å²) in [5.41, 5.74) is 7.06. The Kier molecular flexibility index (Phi) is 5.91. The summed E-state index contributed by atoms with van der Waals surface area (Å²) < 4.78 is 0. The van der Waals surface area contributed by atoms with Gasteiger partial charge in [0.1, 0.15) is 0 Å². The van der Waals surface area contributed by atoms with Gasteiger partial charge in [-0.25, -0.2) is 0 Å². The maximum absolute atomic E-state index is 11.7. The van der Waals surface area contributed by atoms with E-state index in [-0.39, 0.29) is 30.9 Å². The van der Waals surface area contributed by atoms with Crippen molar-refractivity contribution >= 4 is 11.8 Å². The van der Waals surface area contributed by atoms with E-state index in [0.29, 0.717) is 5.56 Å². The van der Waals surface area contributed by atoms with E-state index in [1.54, 1.807) is 12.1 Å². The summed E-state index contributed by atoms with van der Waals surface area (Å²) in [7, 11) is 0. The molecule has 2 amide bonds. The summed E-state index contributed by atoms with van der Waals surface area (Å²) in [5, 5.41) is 11.3. The molecule has 120 valence electrons. The Balaban J connectivity index is 1.84. The minimum absolute atomic E-state index is 0.00819. The third kappa shape index (κ3) is 4.54. The second-order valence-electron chi connectivity index (χ2n) is 5.63. The molecule has 1 saturated heterocycles. The first-order chi connectivity index (χ1) is 10.6. The van der Waals surface area contributed by atoms with Gasteiger partial charge in [-0.3, -0.25) is 14.5 Å². The lowest BCUT2D eigenvalue weighted by Crippen LogP contribution is -2.38. The van der Waals surface area contributed by atoms with Crippen molar-refractivity contribution in [2.45, 2.75) is 19.4 Å². The van der Waals surface area contributed by atoms with Gasteiger partial charge in [-0.15, -0.1) is 0 Å². The number of benzene rings is 1. The molecule has 0 aliphatic carbocycles. The van der Waals surface area contributed by atoms with E-state index in [0.717, 1.165) is 38.0 Å². The summed E-state index contributed by atoms with van der Waals surface area (Å²) in [4.78, 5) is 25.2. The summed E-state index contributed by atoms with van der Waals surface area (Å²) >= 11 is 0. The predicted octanol–water partition coefficient (Wildman–Crippen LogP) is 0.106. The Morgan fingerprint density at radius 3 is 2.41 bits per heavy atom. The number of primary amides is 1. The minimum Gasteiger partial charge on any atom is -0.395 e.